The van der Waals surface area contributed by atoms with Crippen LogP contribution in [0, 0.1) is 5.82 Å². The second kappa shape index (κ2) is 8.31. The molecule has 1 aromatic heterocycles. The van der Waals surface area contributed by atoms with Gasteiger partial charge in [0.15, 0.2) is 11.0 Å². The molecule has 0 aliphatic carbocycles. The lowest BCUT2D eigenvalue weighted by atomic mass is 10.2. The van der Waals surface area contributed by atoms with Crippen LogP contribution in [0.15, 0.2) is 58.6 Å². The maximum absolute atomic E-state index is 14.0. The van der Waals surface area contributed by atoms with Gasteiger partial charge in [0.2, 0.25) is 15.9 Å². The van der Waals surface area contributed by atoms with Crippen LogP contribution in [0.5, 0.6) is 0 Å². The molecule has 8 nitrogen and oxygen atoms in total. The average Bonchev–Trinajstić information content (AvgIpc) is 3.02. The van der Waals surface area contributed by atoms with Crippen molar-refractivity contribution < 1.29 is 17.6 Å². The van der Waals surface area contributed by atoms with Gasteiger partial charge in [-0.15, -0.1) is 10.2 Å². The van der Waals surface area contributed by atoms with E-state index in [1.54, 1.807) is 42.8 Å². The predicted molar refractivity (Wildman–Crippen MR) is 108 cm³/mol. The quantitative estimate of drug-likeness (QED) is 0.574. The Morgan fingerprint density at radius 3 is 2.62 bits per heavy atom. The molecule has 1 amide bonds. The van der Waals surface area contributed by atoms with Crippen molar-refractivity contribution in [3.63, 3.8) is 0 Å². The van der Waals surface area contributed by atoms with Gasteiger partial charge in [-0.2, -0.15) is 0 Å². The monoisotopic (exact) mass is 435 g/mol. The zero-order valence-electron chi connectivity index (χ0n) is 15.5. The molecule has 0 aliphatic heterocycles. The van der Waals surface area contributed by atoms with Crippen LogP contribution in [0.1, 0.15) is 6.92 Å². The molecule has 0 fully saturated rings. The van der Waals surface area contributed by atoms with Gasteiger partial charge in [0.25, 0.3) is 0 Å². The summed E-state index contributed by atoms with van der Waals surface area (Å²) in [7, 11) is -2.19. The zero-order chi connectivity index (χ0) is 21.2. The highest BCUT2D eigenvalue weighted by atomic mass is 32.2. The summed E-state index contributed by atoms with van der Waals surface area (Å²) >= 11 is 1.14. The van der Waals surface area contributed by atoms with Crippen molar-refractivity contribution in [3.05, 3.63) is 54.3 Å². The van der Waals surface area contributed by atoms with Crippen molar-refractivity contribution in [1.82, 2.24) is 14.8 Å². The number of rotatable bonds is 6. The third kappa shape index (κ3) is 4.81. The Morgan fingerprint density at radius 1 is 1.21 bits per heavy atom. The van der Waals surface area contributed by atoms with Gasteiger partial charge in [-0.05, 0) is 37.3 Å². The maximum Gasteiger partial charge on any atom is 0.238 e. The summed E-state index contributed by atoms with van der Waals surface area (Å²) < 4.78 is 38.5. The normalized spacial score (nSPS) is 12.6. The van der Waals surface area contributed by atoms with Crippen molar-refractivity contribution in [2.24, 2.45) is 12.2 Å². The van der Waals surface area contributed by atoms with Gasteiger partial charge >= 0.3 is 0 Å². The molecule has 152 valence electrons. The number of nitrogens with two attached hydrogens (primary N) is 1. The summed E-state index contributed by atoms with van der Waals surface area (Å²) in [6, 6.07) is 11.9. The lowest BCUT2D eigenvalue weighted by Gasteiger charge is -2.12. The van der Waals surface area contributed by atoms with E-state index in [1.807, 2.05) is 0 Å². The topological polar surface area (TPSA) is 120 Å². The first kappa shape index (κ1) is 21.0. The fourth-order valence-electron chi connectivity index (χ4n) is 2.50. The molecule has 0 saturated heterocycles. The molecule has 3 N–H and O–H groups in total. The van der Waals surface area contributed by atoms with E-state index in [4.69, 9.17) is 5.14 Å². The van der Waals surface area contributed by atoms with Gasteiger partial charge < -0.3 is 9.88 Å². The van der Waals surface area contributed by atoms with Crippen LogP contribution in [0.4, 0.5) is 10.1 Å². The summed E-state index contributed by atoms with van der Waals surface area (Å²) in [6.45, 7) is 1.67. The number of benzene rings is 2. The van der Waals surface area contributed by atoms with Gasteiger partial charge in [0.1, 0.15) is 5.82 Å². The van der Waals surface area contributed by atoms with Crippen LogP contribution in [-0.4, -0.2) is 34.3 Å². The highest BCUT2D eigenvalue weighted by molar-refractivity contribution is 8.00. The number of aromatic nitrogens is 3. The molecule has 29 heavy (non-hydrogen) atoms. The minimum Gasteiger partial charge on any atom is -0.325 e. The molecular formula is C18H18FN5O3S2. The number of hydrogen-bond donors (Lipinski definition) is 2. The summed E-state index contributed by atoms with van der Waals surface area (Å²) in [4.78, 5) is 12.4. The molecule has 1 unspecified atom stereocenters. The molecule has 1 atom stereocenters. The molecular weight excluding hydrogens is 417 g/mol. The fraction of sp³-hybridized carbons (Fsp3) is 0.167. The number of hydrogen-bond acceptors (Lipinski definition) is 6. The number of halogens is 1. The van der Waals surface area contributed by atoms with Crippen molar-refractivity contribution in [1.29, 1.82) is 0 Å². The van der Waals surface area contributed by atoms with Gasteiger partial charge in [0.05, 0.1) is 15.7 Å². The Labute approximate surface area is 171 Å². The largest absolute Gasteiger partial charge is 0.325 e. The Morgan fingerprint density at radius 2 is 1.93 bits per heavy atom. The molecule has 0 bridgehead atoms. The molecule has 0 radical (unpaired) electrons. The average molecular weight is 436 g/mol. The highest BCUT2D eigenvalue weighted by Gasteiger charge is 2.21. The smallest absolute Gasteiger partial charge is 0.238 e. The standard InChI is InChI=1S/C18H18FN5O3S2/c1-11(17(25)21-12-6-5-7-13(10-12)29(20,26)27)28-18-23-22-16(24(18)2)14-8-3-4-9-15(14)19/h3-11H,1-2H3,(H,21,25)(H2,20,26,27). The third-order valence-corrected chi connectivity index (χ3v) is 6.08. The van der Waals surface area contributed by atoms with Crippen LogP contribution in [0.3, 0.4) is 0 Å². The van der Waals surface area contributed by atoms with E-state index in [2.05, 4.69) is 15.5 Å². The van der Waals surface area contributed by atoms with Gasteiger partial charge in [-0.25, -0.2) is 17.9 Å². The number of amides is 1. The van der Waals surface area contributed by atoms with E-state index < -0.39 is 21.1 Å². The molecule has 0 aliphatic rings. The fourth-order valence-corrected chi connectivity index (χ4v) is 3.88. The van der Waals surface area contributed by atoms with Crippen molar-refractivity contribution in [3.8, 4) is 11.4 Å². The number of anilines is 1. The van der Waals surface area contributed by atoms with Crippen LogP contribution in [-0.2, 0) is 21.9 Å². The number of sulfonamides is 1. The van der Waals surface area contributed by atoms with Gasteiger partial charge in [0, 0.05) is 12.7 Å². The van der Waals surface area contributed by atoms with E-state index in [0.29, 0.717) is 22.2 Å². The Hall–Kier alpha value is -2.76. The lowest BCUT2D eigenvalue weighted by Crippen LogP contribution is -2.23. The van der Waals surface area contributed by atoms with E-state index in [-0.39, 0.29) is 10.8 Å². The second-order valence-electron chi connectivity index (χ2n) is 6.17. The minimum absolute atomic E-state index is 0.0987. The number of thioether (sulfide) groups is 1. The van der Waals surface area contributed by atoms with E-state index >= 15 is 0 Å². The summed E-state index contributed by atoms with van der Waals surface area (Å²) in [5.41, 5.74) is 0.616. The molecule has 11 heteroatoms. The third-order valence-electron chi connectivity index (χ3n) is 4.03. The molecule has 3 rings (SSSR count). The number of nitrogens with one attached hydrogen (secondary N) is 1. The Kier molecular flexibility index (Phi) is 6.01. The summed E-state index contributed by atoms with van der Waals surface area (Å²) in [6.07, 6.45) is 0. The van der Waals surface area contributed by atoms with E-state index in [1.165, 1.54) is 24.3 Å². The lowest BCUT2D eigenvalue weighted by molar-refractivity contribution is -0.115. The van der Waals surface area contributed by atoms with Crippen LogP contribution in [0.25, 0.3) is 11.4 Å². The van der Waals surface area contributed by atoms with Crippen LogP contribution < -0.4 is 10.5 Å². The predicted octanol–water partition coefficient (Wildman–Crippen LogP) is 2.39. The summed E-state index contributed by atoms with van der Waals surface area (Å²) in [5, 5.41) is 15.7. The van der Waals surface area contributed by atoms with Crippen molar-refractivity contribution >= 4 is 33.4 Å². The van der Waals surface area contributed by atoms with Gasteiger partial charge in [-0.1, -0.05) is 30.0 Å². The number of primary sulfonamides is 1. The first-order chi connectivity index (χ1) is 13.7. The second-order valence-corrected chi connectivity index (χ2v) is 9.04. The first-order valence-corrected chi connectivity index (χ1v) is 10.8. The highest BCUT2D eigenvalue weighted by Crippen LogP contribution is 2.27. The molecule has 0 spiro atoms. The number of carbonyl (C=O) groups excluding carboxylic acids is 1. The minimum atomic E-state index is -3.87. The Balaban J connectivity index is 1.73. The summed E-state index contributed by atoms with van der Waals surface area (Å²) in [5.74, 6) is -0.434. The first-order valence-electron chi connectivity index (χ1n) is 8.41. The molecule has 1 heterocycles. The van der Waals surface area contributed by atoms with E-state index in [0.717, 1.165) is 11.8 Å². The molecule has 0 saturated carbocycles. The maximum atomic E-state index is 14.0. The van der Waals surface area contributed by atoms with Crippen LogP contribution in [0.2, 0.25) is 0 Å². The van der Waals surface area contributed by atoms with Crippen LogP contribution >= 0.6 is 11.8 Å². The molecule has 3 aromatic rings. The van der Waals surface area contributed by atoms with Crippen molar-refractivity contribution in [2.45, 2.75) is 22.2 Å². The number of nitrogens with zero attached hydrogens (tertiary/aromatic N) is 3. The molecule has 2 aromatic carbocycles. The SMILES string of the molecule is CC(Sc1nnc(-c2ccccc2F)n1C)C(=O)Nc1cccc(S(N)(=O)=O)c1. The van der Waals surface area contributed by atoms with Gasteiger partial charge in [-0.3, -0.25) is 4.79 Å². The van der Waals surface area contributed by atoms with Crippen molar-refractivity contribution in [2.75, 3.05) is 5.32 Å². The number of carbonyl (C=O) groups is 1. The van der Waals surface area contributed by atoms with E-state index in [9.17, 15) is 17.6 Å². The zero-order valence-corrected chi connectivity index (χ0v) is 17.2. The Bertz CT molecular complexity index is 1160.